The number of rotatable bonds is 5. The highest BCUT2D eigenvalue weighted by Crippen LogP contribution is 2.30. The van der Waals surface area contributed by atoms with Crippen LogP contribution in [0, 0.1) is 5.82 Å². The zero-order valence-corrected chi connectivity index (χ0v) is 19.6. The maximum absolute atomic E-state index is 13.5. The van der Waals surface area contributed by atoms with Gasteiger partial charge in [-0.1, -0.05) is 60.4 Å². The van der Waals surface area contributed by atoms with Crippen LogP contribution >= 0.6 is 23.1 Å². The lowest BCUT2D eigenvalue weighted by molar-refractivity contribution is -0.113. The summed E-state index contributed by atoms with van der Waals surface area (Å²) >= 11 is 2.66. The topological polar surface area (TPSA) is 79.9 Å². The summed E-state index contributed by atoms with van der Waals surface area (Å²) < 4.78 is 14.8. The van der Waals surface area contributed by atoms with Crippen molar-refractivity contribution in [1.29, 1.82) is 0 Å². The van der Waals surface area contributed by atoms with Gasteiger partial charge in [0.05, 0.1) is 11.4 Å². The van der Waals surface area contributed by atoms with Crippen LogP contribution in [0.2, 0.25) is 0 Å². The fraction of sp³-hybridized carbons (Fsp3) is 0.125. The summed E-state index contributed by atoms with van der Waals surface area (Å²) in [5, 5.41) is 5.53. The van der Waals surface area contributed by atoms with Crippen LogP contribution < -0.4 is 10.5 Å². The van der Waals surface area contributed by atoms with Crippen molar-refractivity contribution in [2.24, 2.45) is 4.99 Å². The monoisotopic (exact) mass is 491 g/mol. The second-order valence-corrected chi connectivity index (χ2v) is 9.35. The van der Waals surface area contributed by atoms with E-state index in [1.165, 1.54) is 62.8 Å². The minimum absolute atomic E-state index is 0.249. The van der Waals surface area contributed by atoms with Gasteiger partial charge in [0.2, 0.25) is 4.96 Å². The number of amidine groups is 1. The SMILES string of the molecule is CCc1nn2c(=O)cc(CSC3=N/C(=C\c4ccccc4)C(=O)N3c3ccc(F)cc3)nc2s1. The maximum atomic E-state index is 13.5. The molecule has 2 aromatic heterocycles. The zero-order valence-electron chi connectivity index (χ0n) is 18.0. The lowest BCUT2D eigenvalue weighted by Crippen LogP contribution is -2.30. The van der Waals surface area contributed by atoms with Gasteiger partial charge in [-0.05, 0) is 42.3 Å². The van der Waals surface area contributed by atoms with Gasteiger partial charge in [0.1, 0.15) is 16.5 Å². The largest absolute Gasteiger partial charge is 0.283 e. The van der Waals surface area contributed by atoms with Crippen LogP contribution in [0.1, 0.15) is 23.2 Å². The zero-order chi connectivity index (χ0) is 23.7. The third-order valence-corrected chi connectivity index (χ3v) is 7.03. The van der Waals surface area contributed by atoms with E-state index in [2.05, 4.69) is 15.1 Å². The second-order valence-electron chi connectivity index (χ2n) is 7.37. The molecule has 0 saturated carbocycles. The summed E-state index contributed by atoms with van der Waals surface area (Å²) in [6, 6.07) is 16.5. The minimum atomic E-state index is -0.393. The van der Waals surface area contributed by atoms with Gasteiger partial charge in [0, 0.05) is 11.8 Å². The summed E-state index contributed by atoms with van der Waals surface area (Å²) in [5.41, 5.74) is 1.94. The van der Waals surface area contributed by atoms with Crippen molar-refractivity contribution in [3.05, 3.63) is 98.8 Å². The summed E-state index contributed by atoms with van der Waals surface area (Å²) in [7, 11) is 0. The van der Waals surface area contributed by atoms with E-state index in [0.29, 0.717) is 27.3 Å². The molecular weight excluding hydrogens is 473 g/mol. The number of amides is 1. The average Bonchev–Trinajstić information content (AvgIpc) is 3.40. The number of benzene rings is 2. The summed E-state index contributed by atoms with van der Waals surface area (Å²) in [4.78, 5) is 36.8. The normalized spacial score (nSPS) is 14.9. The molecule has 1 amide bonds. The number of aliphatic imine (C=N–C) groups is 1. The molecule has 0 atom stereocenters. The molecule has 7 nitrogen and oxygen atoms in total. The van der Waals surface area contributed by atoms with Crippen LogP contribution in [-0.4, -0.2) is 25.7 Å². The van der Waals surface area contributed by atoms with E-state index in [1.54, 1.807) is 6.08 Å². The molecule has 1 aliphatic rings. The summed E-state index contributed by atoms with van der Waals surface area (Å²) in [5.74, 6) is -0.375. The Morgan fingerprint density at radius 2 is 1.85 bits per heavy atom. The van der Waals surface area contributed by atoms with E-state index in [9.17, 15) is 14.0 Å². The first kappa shape index (κ1) is 22.2. The molecule has 0 spiro atoms. The number of hydrogen-bond donors (Lipinski definition) is 0. The Labute approximate surface area is 202 Å². The third kappa shape index (κ3) is 4.42. The van der Waals surface area contributed by atoms with Crippen molar-refractivity contribution >= 4 is 50.9 Å². The van der Waals surface area contributed by atoms with E-state index in [4.69, 9.17) is 0 Å². The molecular formula is C24H18FN5O2S2. The standard InChI is InChI=1S/C24H18FN5O2S2/c1-2-20-28-30-21(31)13-17(26-24(30)34-20)14-33-23-27-19(12-15-6-4-3-5-7-15)22(32)29(23)18-10-8-16(25)9-11-18/h3-13H,2,14H2,1H3/b19-12-. The van der Waals surface area contributed by atoms with E-state index in [0.717, 1.165) is 17.0 Å². The van der Waals surface area contributed by atoms with Gasteiger partial charge < -0.3 is 0 Å². The molecule has 170 valence electrons. The van der Waals surface area contributed by atoms with Crippen LogP contribution in [0.25, 0.3) is 11.0 Å². The van der Waals surface area contributed by atoms with Gasteiger partial charge in [-0.2, -0.15) is 9.61 Å². The average molecular weight is 492 g/mol. The maximum Gasteiger partial charge on any atom is 0.283 e. The highest BCUT2D eigenvalue weighted by molar-refractivity contribution is 8.13. The Hall–Kier alpha value is -3.63. The molecule has 4 aromatic rings. The van der Waals surface area contributed by atoms with Gasteiger partial charge >= 0.3 is 0 Å². The number of carbonyl (C=O) groups is 1. The first-order valence-electron chi connectivity index (χ1n) is 10.5. The van der Waals surface area contributed by atoms with Crippen LogP contribution in [0.4, 0.5) is 10.1 Å². The van der Waals surface area contributed by atoms with E-state index in [1.807, 2.05) is 37.3 Å². The molecule has 0 bridgehead atoms. The first-order chi connectivity index (χ1) is 16.5. The number of halogens is 1. The van der Waals surface area contributed by atoms with Crippen LogP contribution in [-0.2, 0) is 17.0 Å². The highest BCUT2D eigenvalue weighted by atomic mass is 32.2. The number of carbonyl (C=O) groups excluding carboxylic acids is 1. The molecule has 5 rings (SSSR count). The molecule has 0 N–H and O–H groups in total. The number of nitrogens with zero attached hydrogens (tertiary/aromatic N) is 5. The third-order valence-electron chi connectivity index (χ3n) is 5.01. The number of hydrogen-bond acceptors (Lipinski definition) is 7. The minimum Gasteiger partial charge on any atom is -0.267 e. The van der Waals surface area contributed by atoms with Gasteiger partial charge in [0.15, 0.2) is 5.17 Å². The van der Waals surface area contributed by atoms with Gasteiger partial charge in [-0.25, -0.2) is 14.4 Å². The number of anilines is 1. The van der Waals surface area contributed by atoms with Crippen LogP contribution in [0.3, 0.4) is 0 Å². The van der Waals surface area contributed by atoms with Crippen molar-refractivity contribution in [2.45, 2.75) is 19.1 Å². The Morgan fingerprint density at radius 3 is 2.59 bits per heavy atom. The Bertz CT molecular complexity index is 1490. The molecule has 1 aliphatic heterocycles. The molecule has 10 heteroatoms. The van der Waals surface area contributed by atoms with Crippen molar-refractivity contribution in [3.63, 3.8) is 0 Å². The lowest BCUT2D eigenvalue weighted by Gasteiger charge is -2.17. The first-order valence-corrected chi connectivity index (χ1v) is 12.3. The van der Waals surface area contributed by atoms with Gasteiger partial charge in [-0.15, -0.1) is 0 Å². The highest BCUT2D eigenvalue weighted by Gasteiger charge is 2.32. The van der Waals surface area contributed by atoms with E-state index >= 15 is 0 Å². The molecule has 3 heterocycles. The van der Waals surface area contributed by atoms with Crippen LogP contribution in [0.15, 0.2) is 76.1 Å². The van der Waals surface area contributed by atoms with Crippen molar-refractivity contribution in [2.75, 3.05) is 4.90 Å². The number of aromatic nitrogens is 3. The molecule has 0 fully saturated rings. The molecule has 0 radical (unpaired) electrons. The molecule has 0 saturated heterocycles. The molecule has 2 aromatic carbocycles. The Morgan fingerprint density at radius 1 is 1.09 bits per heavy atom. The fourth-order valence-electron chi connectivity index (χ4n) is 3.37. The fourth-order valence-corrected chi connectivity index (χ4v) is 5.13. The Balaban J connectivity index is 1.47. The van der Waals surface area contributed by atoms with Gasteiger partial charge in [0.25, 0.3) is 11.5 Å². The summed E-state index contributed by atoms with van der Waals surface area (Å²) in [6.45, 7) is 1.97. The number of thioether (sulfide) groups is 1. The molecule has 0 unspecified atom stereocenters. The van der Waals surface area contributed by atoms with Crippen LogP contribution in [0.5, 0.6) is 0 Å². The van der Waals surface area contributed by atoms with E-state index < -0.39 is 5.82 Å². The lowest BCUT2D eigenvalue weighted by atomic mass is 10.2. The predicted molar refractivity (Wildman–Crippen MR) is 134 cm³/mol. The van der Waals surface area contributed by atoms with Gasteiger partial charge in [-0.3, -0.25) is 14.5 Å². The van der Waals surface area contributed by atoms with Crippen molar-refractivity contribution < 1.29 is 9.18 Å². The van der Waals surface area contributed by atoms with Crippen molar-refractivity contribution in [3.8, 4) is 0 Å². The number of fused-ring (bicyclic) bond motifs is 1. The molecule has 34 heavy (non-hydrogen) atoms. The number of aryl methyl sites for hydroxylation is 1. The Kier molecular flexibility index (Phi) is 6.08. The summed E-state index contributed by atoms with van der Waals surface area (Å²) in [6.07, 6.45) is 2.44. The quantitative estimate of drug-likeness (QED) is 0.383. The van der Waals surface area contributed by atoms with E-state index in [-0.39, 0.29) is 17.2 Å². The van der Waals surface area contributed by atoms with Crippen molar-refractivity contribution in [1.82, 2.24) is 14.6 Å². The smallest absolute Gasteiger partial charge is 0.267 e. The molecule has 0 aliphatic carbocycles. The predicted octanol–water partition coefficient (Wildman–Crippen LogP) is 4.53. The second kappa shape index (κ2) is 9.32.